The summed E-state index contributed by atoms with van der Waals surface area (Å²) in [5.41, 5.74) is 1.05. The van der Waals surface area contributed by atoms with Crippen LogP contribution < -0.4 is 5.32 Å². The molecule has 0 radical (unpaired) electrons. The first-order chi connectivity index (χ1) is 13.5. The molecule has 1 atom stereocenters. The van der Waals surface area contributed by atoms with Crippen molar-refractivity contribution >= 4 is 48.5 Å². The Kier molecular flexibility index (Phi) is 5.18. The summed E-state index contributed by atoms with van der Waals surface area (Å²) in [7, 11) is -3.86. The average Bonchev–Trinajstić information content (AvgIpc) is 3.20. The summed E-state index contributed by atoms with van der Waals surface area (Å²) in [6, 6.07) is 15.1. The molecule has 2 heterocycles. The number of amides is 1. The zero-order chi connectivity index (χ0) is 19.7. The Hall–Kier alpha value is -2.29. The van der Waals surface area contributed by atoms with E-state index in [1.807, 2.05) is 24.3 Å². The number of halogens is 1. The van der Waals surface area contributed by atoms with Crippen LogP contribution in [0.15, 0.2) is 70.2 Å². The number of sulfonamides is 1. The molecule has 1 N–H and O–H groups in total. The maximum atomic E-state index is 13.4. The fraction of sp³-hybridized carbons (Fsp3) is 0.200. The van der Waals surface area contributed by atoms with Crippen LogP contribution in [0.3, 0.4) is 0 Å². The van der Waals surface area contributed by atoms with Crippen LogP contribution in [0, 0.1) is 0 Å². The van der Waals surface area contributed by atoms with E-state index < -0.39 is 16.1 Å². The molecule has 1 amide bonds. The maximum absolute atomic E-state index is 13.4. The molecule has 1 unspecified atom stereocenters. The van der Waals surface area contributed by atoms with Crippen LogP contribution >= 0.6 is 15.9 Å². The highest BCUT2D eigenvalue weighted by Gasteiger charge is 2.40. The van der Waals surface area contributed by atoms with Crippen LogP contribution in [0.4, 0.5) is 5.69 Å². The molecule has 0 aliphatic carbocycles. The van der Waals surface area contributed by atoms with Gasteiger partial charge in [0.1, 0.15) is 10.9 Å². The Morgan fingerprint density at radius 2 is 1.86 bits per heavy atom. The van der Waals surface area contributed by atoms with Gasteiger partial charge in [0.2, 0.25) is 15.9 Å². The second kappa shape index (κ2) is 7.62. The summed E-state index contributed by atoms with van der Waals surface area (Å²) in [6.07, 6.45) is 2.69. The largest absolute Gasteiger partial charge is 0.325 e. The van der Waals surface area contributed by atoms with Gasteiger partial charge in [0.05, 0.1) is 5.52 Å². The van der Waals surface area contributed by atoms with Gasteiger partial charge in [0, 0.05) is 28.3 Å². The maximum Gasteiger partial charge on any atom is 0.245 e. The van der Waals surface area contributed by atoms with Crippen molar-refractivity contribution in [3.05, 3.63) is 65.3 Å². The second-order valence-electron chi connectivity index (χ2n) is 6.60. The van der Waals surface area contributed by atoms with E-state index in [1.54, 1.807) is 36.5 Å². The highest BCUT2D eigenvalue weighted by Crippen LogP contribution is 2.30. The zero-order valence-corrected chi connectivity index (χ0v) is 17.3. The number of nitrogens with one attached hydrogen (secondary N) is 1. The molecule has 6 nitrogen and oxygen atoms in total. The van der Waals surface area contributed by atoms with Gasteiger partial charge in [-0.1, -0.05) is 34.1 Å². The van der Waals surface area contributed by atoms with Gasteiger partial charge in [-0.25, -0.2) is 8.42 Å². The van der Waals surface area contributed by atoms with E-state index in [0.29, 0.717) is 30.6 Å². The van der Waals surface area contributed by atoms with Crippen molar-refractivity contribution in [2.75, 3.05) is 11.9 Å². The molecule has 0 saturated carbocycles. The number of para-hydroxylation sites is 1. The van der Waals surface area contributed by atoms with Gasteiger partial charge < -0.3 is 5.32 Å². The van der Waals surface area contributed by atoms with Crippen molar-refractivity contribution in [3.8, 4) is 0 Å². The smallest absolute Gasteiger partial charge is 0.245 e. The lowest BCUT2D eigenvalue weighted by Crippen LogP contribution is -2.43. The average molecular weight is 460 g/mol. The third kappa shape index (κ3) is 3.55. The molecule has 3 aromatic rings. The Bertz CT molecular complexity index is 1130. The van der Waals surface area contributed by atoms with E-state index in [-0.39, 0.29) is 10.8 Å². The van der Waals surface area contributed by atoms with Gasteiger partial charge in [-0.2, -0.15) is 4.31 Å². The molecule has 1 fully saturated rings. The lowest BCUT2D eigenvalue weighted by atomic mass is 10.2. The van der Waals surface area contributed by atoms with Gasteiger partial charge in [0.25, 0.3) is 0 Å². The minimum absolute atomic E-state index is 0.133. The highest BCUT2D eigenvalue weighted by molar-refractivity contribution is 9.10. The lowest BCUT2D eigenvalue weighted by molar-refractivity contribution is -0.119. The molecule has 2 aromatic carbocycles. The van der Waals surface area contributed by atoms with Gasteiger partial charge >= 0.3 is 0 Å². The predicted octanol–water partition coefficient (Wildman–Crippen LogP) is 3.79. The first-order valence-electron chi connectivity index (χ1n) is 8.89. The number of fused-ring (bicyclic) bond motifs is 1. The van der Waals surface area contributed by atoms with Crippen LogP contribution in [-0.2, 0) is 14.8 Å². The van der Waals surface area contributed by atoms with Crippen molar-refractivity contribution in [1.82, 2.24) is 9.29 Å². The van der Waals surface area contributed by atoms with Crippen molar-refractivity contribution in [2.24, 2.45) is 0 Å². The Balaban J connectivity index is 1.65. The summed E-state index contributed by atoms with van der Waals surface area (Å²) in [5.74, 6) is -0.323. The van der Waals surface area contributed by atoms with Crippen LogP contribution in [0.5, 0.6) is 0 Å². The predicted molar refractivity (Wildman–Crippen MR) is 111 cm³/mol. The number of rotatable bonds is 4. The number of pyridine rings is 1. The van der Waals surface area contributed by atoms with Gasteiger partial charge in [-0.3, -0.25) is 9.78 Å². The molecular formula is C20H18BrN3O3S. The molecule has 4 rings (SSSR count). The summed E-state index contributed by atoms with van der Waals surface area (Å²) in [4.78, 5) is 17.2. The molecule has 28 heavy (non-hydrogen) atoms. The van der Waals surface area contributed by atoms with Crippen molar-refractivity contribution in [1.29, 1.82) is 0 Å². The number of aromatic nitrogens is 1. The first kappa shape index (κ1) is 19.0. The van der Waals surface area contributed by atoms with Crippen molar-refractivity contribution in [2.45, 2.75) is 23.8 Å². The van der Waals surface area contributed by atoms with Crippen molar-refractivity contribution in [3.63, 3.8) is 0 Å². The monoisotopic (exact) mass is 459 g/mol. The Morgan fingerprint density at radius 3 is 2.64 bits per heavy atom. The van der Waals surface area contributed by atoms with E-state index in [9.17, 15) is 13.2 Å². The molecule has 144 valence electrons. The second-order valence-corrected chi connectivity index (χ2v) is 9.38. The topological polar surface area (TPSA) is 79.4 Å². The molecule has 1 aliphatic rings. The van der Waals surface area contributed by atoms with Crippen LogP contribution in [-0.4, -0.2) is 36.2 Å². The minimum atomic E-state index is -3.86. The number of anilines is 1. The summed E-state index contributed by atoms with van der Waals surface area (Å²) in [5, 5.41) is 3.57. The summed E-state index contributed by atoms with van der Waals surface area (Å²) >= 11 is 3.35. The molecule has 1 aromatic heterocycles. The standard InChI is InChI=1S/C20H18BrN3O3S/c21-15-8-10-16(11-9-15)23-20(25)17-6-3-13-24(17)28(26,27)18-7-1-4-14-5-2-12-22-19(14)18/h1-2,4-5,7-12,17H,3,6,13H2,(H,23,25). The number of hydrogen-bond acceptors (Lipinski definition) is 4. The molecule has 0 bridgehead atoms. The number of carbonyl (C=O) groups excluding carboxylic acids is 1. The first-order valence-corrected chi connectivity index (χ1v) is 11.1. The quantitative estimate of drug-likeness (QED) is 0.643. The Labute approximate surface area is 171 Å². The lowest BCUT2D eigenvalue weighted by Gasteiger charge is -2.24. The highest BCUT2D eigenvalue weighted by atomic mass is 79.9. The number of hydrogen-bond donors (Lipinski definition) is 1. The molecule has 0 spiro atoms. The molecular weight excluding hydrogens is 442 g/mol. The van der Waals surface area contributed by atoms with E-state index in [0.717, 1.165) is 9.86 Å². The molecule has 1 saturated heterocycles. The normalized spacial score (nSPS) is 17.7. The van der Waals surface area contributed by atoms with Gasteiger partial charge in [0.15, 0.2) is 0 Å². The third-order valence-corrected chi connectivity index (χ3v) is 7.27. The Morgan fingerprint density at radius 1 is 1.11 bits per heavy atom. The van der Waals surface area contributed by atoms with E-state index >= 15 is 0 Å². The van der Waals surface area contributed by atoms with Crippen LogP contribution in [0.1, 0.15) is 12.8 Å². The van der Waals surface area contributed by atoms with Crippen molar-refractivity contribution < 1.29 is 13.2 Å². The van der Waals surface area contributed by atoms with E-state index in [1.165, 1.54) is 4.31 Å². The number of nitrogens with zero attached hydrogens (tertiary/aromatic N) is 2. The SMILES string of the molecule is O=C(Nc1ccc(Br)cc1)C1CCCN1S(=O)(=O)c1cccc2cccnc12. The van der Waals surface area contributed by atoms with Crippen LogP contribution in [0.2, 0.25) is 0 Å². The van der Waals surface area contributed by atoms with Crippen LogP contribution in [0.25, 0.3) is 10.9 Å². The zero-order valence-electron chi connectivity index (χ0n) is 14.9. The summed E-state index contributed by atoms with van der Waals surface area (Å²) in [6.45, 7) is 0.310. The molecule has 8 heteroatoms. The fourth-order valence-corrected chi connectivity index (χ4v) is 5.55. The number of carbonyl (C=O) groups is 1. The van der Waals surface area contributed by atoms with Gasteiger partial charge in [-0.05, 0) is 49.2 Å². The summed E-state index contributed by atoms with van der Waals surface area (Å²) < 4.78 is 28.9. The van der Waals surface area contributed by atoms with E-state index in [2.05, 4.69) is 26.2 Å². The minimum Gasteiger partial charge on any atom is -0.325 e. The van der Waals surface area contributed by atoms with Gasteiger partial charge in [-0.15, -0.1) is 0 Å². The van der Waals surface area contributed by atoms with E-state index in [4.69, 9.17) is 0 Å². The number of benzene rings is 2. The third-order valence-electron chi connectivity index (χ3n) is 4.80. The fourth-order valence-electron chi connectivity index (χ4n) is 3.46. The molecule has 1 aliphatic heterocycles.